The van der Waals surface area contributed by atoms with Gasteiger partial charge in [0, 0.05) is 35.6 Å². The summed E-state index contributed by atoms with van der Waals surface area (Å²) in [4.78, 5) is 25.3. The Morgan fingerprint density at radius 3 is 2.38 bits per heavy atom. The summed E-state index contributed by atoms with van der Waals surface area (Å²) in [5.74, 6) is 1.03. The average Bonchev–Trinajstić information content (AvgIpc) is 2.56. The highest BCUT2D eigenvalue weighted by Crippen LogP contribution is 2.21. The molecule has 0 aliphatic carbocycles. The van der Waals surface area contributed by atoms with Crippen LogP contribution in [0.15, 0.2) is 53.0 Å². The van der Waals surface area contributed by atoms with Gasteiger partial charge in [0.2, 0.25) is 5.91 Å². The minimum absolute atomic E-state index is 0.0567. The summed E-state index contributed by atoms with van der Waals surface area (Å²) in [5.41, 5.74) is 2.46. The number of rotatable bonds is 6. The summed E-state index contributed by atoms with van der Waals surface area (Å²) in [6.45, 7) is 0. The second kappa shape index (κ2) is 8.89. The van der Waals surface area contributed by atoms with Crippen molar-refractivity contribution in [3.05, 3.63) is 64.1 Å². The summed E-state index contributed by atoms with van der Waals surface area (Å²) in [6.07, 6.45) is 0. The van der Waals surface area contributed by atoms with Crippen molar-refractivity contribution in [1.29, 1.82) is 0 Å². The van der Waals surface area contributed by atoms with Gasteiger partial charge in [-0.25, -0.2) is 0 Å². The molecule has 0 saturated heterocycles. The second-order valence-corrected chi connectivity index (χ2v) is 7.25. The maximum Gasteiger partial charge on any atom is 0.253 e. The fourth-order valence-electron chi connectivity index (χ4n) is 2.02. The molecule has 0 bridgehead atoms. The van der Waals surface area contributed by atoms with Crippen LogP contribution in [-0.2, 0) is 10.5 Å². The molecule has 1 N–H and O–H groups in total. The van der Waals surface area contributed by atoms with Crippen molar-refractivity contribution in [2.75, 3.05) is 25.2 Å². The molecule has 2 amide bonds. The van der Waals surface area contributed by atoms with E-state index in [-0.39, 0.29) is 11.8 Å². The highest BCUT2D eigenvalue weighted by Gasteiger charge is 2.08. The quantitative estimate of drug-likeness (QED) is 0.787. The van der Waals surface area contributed by atoms with Crippen LogP contribution in [0.1, 0.15) is 15.9 Å². The molecule has 126 valence electrons. The van der Waals surface area contributed by atoms with Gasteiger partial charge in [-0.2, -0.15) is 0 Å². The van der Waals surface area contributed by atoms with E-state index in [2.05, 4.69) is 21.2 Å². The third-order valence-electron chi connectivity index (χ3n) is 3.27. The van der Waals surface area contributed by atoms with Gasteiger partial charge in [0.15, 0.2) is 0 Å². The Morgan fingerprint density at radius 2 is 1.75 bits per heavy atom. The standard InChI is InChI=1S/C18H19BrN2O2S/c1-21(2)18(23)13-7-9-15(10-8-13)20-17(22)12-24-11-14-5-3-4-6-16(14)19/h3-10H,11-12H2,1-2H3,(H,20,22). The summed E-state index contributed by atoms with van der Waals surface area (Å²) < 4.78 is 1.05. The number of nitrogens with zero attached hydrogens (tertiary/aromatic N) is 1. The van der Waals surface area contributed by atoms with E-state index in [4.69, 9.17) is 0 Å². The zero-order chi connectivity index (χ0) is 17.5. The van der Waals surface area contributed by atoms with E-state index in [0.29, 0.717) is 17.0 Å². The van der Waals surface area contributed by atoms with Crippen molar-refractivity contribution in [2.24, 2.45) is 0 Å². The van der Waals surface area contributed by atoms with E-state index in [1.54, 1.807) is 50.1 Å². The minimum atomic E-state index is -0.0585. The van der Waals surface area contributed by atoms with Gasteiger partial charge in [-0.3, -0.25) is 9.59 Å². The fourth-order valence-corrected chi connectivity index (χ4v) is 3.46. The molecule has 0 unspecified atom stereocenters. The van der Waals surface area contributed by atoms with Crippen molar-refractivity contribution < 1.29 is 9.59 Å². The summed E-state index contributed by atoms with van der Waals surface area (Å²) >= 11 is 5.06. The van der Waals surface area contributed by atoms with Crippen LogP contribution in [0.4, 0.5) is 5.69 Å². The summed E-state index contributed by atoms with van der Waals surface area (Å²) in [7, 11) is 3.42. The molecule has 0 fully saturated rings. The highest BCUT2D eigenvalue weighted by atomic mass is 79.9. The lowest BCUT2D eigenvalue weighted by Gasteiger charge is -2.11. The Labute approximate surface area is 154 Å². The van der Waals surface area contributed by atoms with Crippen LogP contribution in [0.25, 0.3) is 0 Å². The van der Waals surface area contributed by atoms with Crippen LogP contribution in [0.2, 0.25) is 0 Å². The van der Waals surface area contributed by atoms with Crippen molar-refractivity contribution >= 4 is 45.2 Å². The molecule has 0 spiro atoms. The molecular weight excluding hydrogens is 388 g/mol. The summed E-state index contributed by atoms with van der Waals surface area (Å²) in [5, 5.41) is 2.84. The lowest BCUT2D eigenvalue weighted by molar-refractivity contribution is -0.113. The molecule has 24 heavy (non-hydrogen) atoms. The Kier molecular flexibility index (Phi) is 6.87. The molecule has 6 heteroatoms. The Hall–Kier alpha value is -1.79. The Bertz CT molecular complexity index is 717. The molecule has 0 radical (unpaired) electrons. The van der Waals surface area contributed by atoms with E-state index in [0.717, 1.165) is 10.2 Å². The van der Waals surface area contributed by atoms with Crippen molar-refractivity contribution in [2.45, 2.75) is 5.75 Å². The number of carbonyl (C=O) groups is 2. The van der Waals surface area contributed by atoms with Crippen molar-refractivity contribution in [3.8, 4) is 0 Å². The molecule has 0 atom stereocenters. The van der Waals surface area contributed by atoms with Crippen molar-refractivity contribution in [3.63, 3.8) is 0 Å². The number of thioether (sulfide) groups is 1. The van der Waals surface area contributed by atoms with Crippen LogP contribution in [0.3, 0.4) is 0 Å². The van der Waals surface area contributed by atoms with Gasteiger partial charge in [-0.1, -0.05) is 34.1 Å². The monoisotopic (exact) mass is 406 g/mol. The maximum absolute atomic E-state index is 12.0. The van der Waals surface area contributed by atoms with E-state index in [9.17, 15) is 9.59 Å². The topological polar surface area (TPSA) is 49.4 Å². The number of nitrogens with one attached hydrogen (secondary N) is 1. The fraction of sp³-hybridized carbons (Fsp3) is 0.222. The smallest absolute Gasteiger partial charge is 0.253 e. The van der Waals surface area contributed by atoms with Gasteiger partial charge >= 0.3 is 0 Å². The van der Waals surface area contributed by atoms with E-state index < -0.39 is 0 Å². The van der Waals surface area contributed by atoms with Crippen molar-refractivity contribution in [1.82, 2.24) is 4.90 Å². The average molecular weight is 407 g/mol. The lowest BCUT2D eigenvalue weighted by atomic mass is 10.2. The number of anilines is 1. The van der Waals surface area contributed by atoms with E-state index in [1.807, 2.05) is 24.3 Å². The molecule has 0 saturated carbocycles. The van der Waals surface area contributed by atoms with Gasteiger partial charge in [-0.15, -0.1) is 11.8 Å². The SMILES string of the molecule is CN(C)C(=O)c1ccc(NC(=O)CSCc2ccccc2Br)cc1. The molecular formula is C18H19BrN2O2S. The first-order valence-electron chi connectivity index (χ1n) is 7.40. The van der Waals surface area contributed by atoms with Gasteiger partial charge in [0.25, 0.3) is 5.91 Å². The molecule has 2 aromatic carbocycles. The number of hydrogen-bond donors (Lipinski definition) is 1. The first kappa shape index (κ1) is 18.5. The molecule has 4 nitrogen and oxygen atoms in total. The molecule has 2 rings (SSSR count). The third-order valence-corrected chi connectivity index (χ3v) is 5.03. The van der Waals surface area contributed by atoms with Crippen LogP contribution in [0, 0.1) is 0 Å². The number of carbonyl (C=O) groups excluding carboxylic acids is 2. The second-order valence-electron chi connectivity index (χ2n) is 5.41. The molecule has 2 aromatic rings. The Morgan fingerprint density at radius 1 is 1.08 bits per heavy atom. The lowest BCUT2D eigenvalue weighted by Crippen LogP contribution is -2.21. The number of amides is 2. The molecule has 0 aliphatic heterocycles. The van der Waals surface area contributed by atoms with Gasteiger partial charge in [0.1, 0.15) is 0 Å². The molecule has 0 aliphatic rings. The first-order chi connectivity index (χ1) is 11.5. The maximum atomic E-state index is 12.0. The van der Waals surface area contributed by atoms with Crippen LogP contribution in [0.5, 0.6) is 0 Å². The first-order valence-corrected chi connectivity index (χ1v) is 9.35. The van der Waals surface area contributed by atoms with E-state index in [1.165, 1.54) is 10.5 Å². The van der Waals surface area contributed by atoms with E-state index >= 15 is 0 Å². The normalized spacial score (nSPS) is 10.3. The number of halogens is 1. The minimum Gasteiger partial charge on any atom is -0.345 e. The predicted octanol–water partition coefficient (Wildman–Crippen LogP) is 4.02. The molecule has 0 heterocycles. The van der Waals surface area contributed by atoms with Crippen LogP contribution < -0.4 is 5.32 Å². The molecule has 0 aromatic heterocycles. The largest absolute Gasteiger partial charge is 0.345 e. The zero-order valence-corrected chi connectivity index (χ0v) is 16.0. The summed E-state index contributed by atoms with van der Waals surface area (Å²) in [6, 6.07) is 14.9. The van der Waals surface area contributed by atoms with Crippen LogP contribution >= 0.6 is 27.7 Å². The third kappa shape index (κ3) is 5.39. The van der Waals surface area contributed by atoms with Gasteiger partial charge in [0.05, 0.1) is 5.75 Å². The highest BCUT2D eigenvalue weighted by molar-refractivity contribution is 9.10. The van der Waals surface area contributed by atoms with Gasteiger partial charge < -0.3 is 10.2 Å². The van der Waals surface area contributed by atoms with Crippen LogP contribution in [-0.4, -0.2) is 36.6 Å². The van der Waals surface area contributed by atoms with Gasteiger partial charge in [-0.05, 0) is 35.9 Å². The predicted molar refractivity (Wildman–Crippen MR) is 103 cm³/mol. The number of hydrogen-bond acceptors (Lipinski definition) is 3. The zero-order valence-electron chi connectivity index (χ0n) is 13.6. The number of benzene rings is 2. The Balaban J connectivity index is 1.82.